The Labute approximate surface area is 215 Å². The van der Waals surface area contributed by atoms with E-state index >= 15 is 0 Å². The lowest BCUT2D eigenvalue weighted by Gasteiger charge is -2.32. The minimum atomic E-state index is -4.35. The quantitative estimate of drug-likeness (QED) is 0.405. The second kappa shape index (κ2) is 12.4. The molecule has 0 fully saturated rings. The molecule has 196 valence electrons. The molecule has 2 amide bonds. The number of carbonyl (C=O) groups excluding carboxylic acids is 2. The maximum atomic E-state index is 14.8. The van der Waals surface area contributed by atoms with Crippen LogP contribution in [0.3, 0.4) is 0 Å². The smallest absolute Gasteiger partial charge is 0.264 e. The standard InChI is InChI=1S/C27H29F2N3O4S/c1-3-17-30-27(34)20(2)31(18-21-13-15-22(28)16-14-21)26(33)19-32(25-12-8-7-11-24(25)29)37(35,36)23-9-5-4-6-10-23/h4-16,20H,3,17-19H2,1-2H3,(H,30,34)/t20-/m0/s1. The molecule has 0 aliphatic carbocycles. The van der Waals surface area contributed by atoms with Crippen molar-refractivity contribution < 1.29 is 26.8 Å². The molecule has 3 rings (SSSR count). The van der Waals surface area contributed by atoms with Gasteiger partial charge in [-0.1, -0.05) is 49.4 Å². The first kappa shape index (κ1) is 27.8. The number of rotatable bonds is 11. The second-order valence-electron chi connectivity index (χ2n) is 8.39. The molecule has 0 unspecified atom stereocenters. The number of benzene rings is 3. The summed E-state index contributed by atoms with van der Waals surface area (Å²) in [6, 6.07) is 17.1. The minimum Gasteiger partial charge on any atom is -0.354 e. The third-order valence-corrected chi connectivity index (χ3v) is 7.49. The number of para-hydroxylation sites is 1. The fourth-order valence-corrected chi connectivity index (χ4v) is 5.10. The monoisotopic (exact) mass is 529 g/mol. The highest BCUT2D eigenvalue weighted by molar-refractivity contribution is 7.92. The summed E-state index contributed by atoms with van der Waals surface area (Å²) in [4.78, 5) is 27.5. The van der Waals surface area contributed by atoms with Crippen LogP contribution in [0.2, 0.25) is 0 Å². The summed E-state index contributed by atoms with van der Waals surface area (Å²) in [6.07, 6.45) is 0.681. The van der Waals surface area contributed by atoms with Gasteiger partial charge in [0.15, 0.2) is 0 Å². The van der Waals surface area contributed by atoms with E-state index in [1.165, 1.54) is 78.6 Å². The van der Waals surface area contributed by atoms with Crippen LogP contribution < -0.4 is 9.62 Å². The van der Waals surface area contributed by atoms with E-state index in [0.29, 0.717) is 22.8 Å². The van der Waals surface area contributed by atoms with Crippen LogP contribution in [0.4, 0.5) is 14.5 Å². The highest BCUT2D eigenvalue weighted by atomic mass is 32.2. The lowest BCUT2D eigenvalue weighted by molar-refractivity contribution is -0.139. The summed E-state index contributed by atoms with van der Waals surface area (Å²) in [5, 5.41) is 2.73. The van der Waals surface area contributed by atoms with Gasteiger partial charge < -0.3 is 10.2 Å². The van der Waals surface area contributed by atoms with Crippen molar-refractivity contribution in [2.75, 3.05) is 17.4 Å². The van der Waals surface area contributed by atoms with Crippen molar-refractivity contribution >= 4 is 27.5 Å². The molecular weight excluding hydrogens is 500 g/mol. The first-order chi connectivity index (χ1) is 17.6. The van der Waals surface area contributed by atoms with Gasteiger partial charge in [0.05, 0.1) is 10.6 Å². The van der Waals surface area contributed by atoms with Crippen molar-refractivity contribution in [2.24, 2.45) is 0 Å². The van der Waals surface area contributed by atoms with Crippen molar-refractivity contribution in [1.29, 1.82) is 0 Å². The van der Waals surface area contributed by atoms with E-state index in [4.69, 9.17) is 0 Å². The number of carbonyl (C=O) groups is 2. The minimum absolute atomic E-state index is 0.0870. The molecule has 0 heterocycles. The van der Waals surface area contributed by atoms with Gasteiger partial charge in [0.2, 0.25) is 11.8 Å². The van der Waals surface area contributed by atoms with E-state index < -0.39 is 46.1 Å². The Bertz CT molecular complexity index is 1320. The molecule has 0 spiro atoms. The summed E-state index contributed by atoms with van der Waals surface area (Å²) in [5.41, 5.74) is 0.234. The molecule has 0 saturated carbocycles. The highest BCUT2D eigenvalue weighted by Crippen LogP contribution is 2.26. The predicted molar refractivity (Wildman–Crippen MR) is 137 cm³/mol. The molecule has 3 aromatic rings. The number of nitrogens with zero attached hydrogens (tertiary/aromatic N) is 2. The maximum Gasteiger partial charge on any atom is 0.264 e. The Hall–Kier alpha value is -3.79. The topological polar surface area (TPSA) is 86.8 Å². The first-order valence-corrected chi connectivity index (χ1v) is 13.2. The molecule has 3 aromatic carbocycles. The van der Waals surface area contributed by atoms with Crippen LogP contribution in [0.1, 0.15) is 25.8 Å². The van der Waals surface area contributed by atoms with Crippen molar-refractivity contribution in [3.05, 3.63) is 96.1 Å². The summed E-state index contributed by atoms with van der Waals surface area (Å²) in [7, 11) is -4.35. The molecule has 1 atom stereocenters. The third-order valence-electron chi connectivity index (χ3n) is 5.71. The van der Waals surface area contributed by atoms with Gasteiger partial charge in [-0.05, 0) is 55.3 Å². The van der Waals surface area contributed by atoms with Crippen molar-refractivity contribution in [3.63, 3.8) is 0 Å². The van der Waals surface area contributed by atoms with Crippen LogP contribution in [0.15, 0.2) is 83.8 Å². The van der Waals surface area contributed by atoms with E-state index in [9.17, 15) is 26.8 Å². The maximum absolute atomic E-state index is 14.8. The van der Waals surface area contributed by atoms with E-state index in [1.807, 2.05) is 6.92 Å². The molecule has 37 heavy (non-hydrogen) atoms. The number of halogens is 2. The number of hydrogen-bond donors (Lipinski definition) is 1. The summed E-state index contributed by atoms with van der Waals surface area (Å²) in [6.45, 7) is 2.95. The molecule has 1 N–H and O–H groups in total. The van der Waals surface area contributed by atoms with Gasteiger partial charge in [0, 0.05) is 13.1 Å². The first-order valence-electron chi connectivity index (χ1n) is 11.8. The van der Waals surface area contributed by atoms with Crippen LogP contribution >= 0.6 is 0 Å². The largest absolute Gasteiger partial charge is 0.354 e. The van der Waals surface area contributed by atoms with Crippen LogP contribution in [0.25, 0.3) is 0 Å². The highest BCUT2D eigenvalue weighted by Gasteiger charge is 2.33. The molecule has 10 heteroatoms. The normalized spacial score (nSPS) is 12.0. The number of anilines is 1. The van der Waals surface area contributed by atoms with Gasteiger partial charge in [0.25, 0.3) is 10.0 Å². The van der Waals surface area contributed by atoms with E-state index in [-0.39, 0.29) is 17.1 Å². The third kappa shape index (κ3) is 6.91. The predicted octanol–water partition coefficient (Wildman–Crippen LogP) is 4.10. The SMILES string of the molecule is CCCNC(=O)[C@H](C)N(Cc1ccc(F)cc1)C(=O)CN(c1ccccc1F)S(=O)(=O)c1ccccc1. The van der Waals surface area contributed by atoms with Gasteiger partial charge in [-0.3, -0.25) is 13.9 Å². The van der Waals surface area contributed by atoms with E-state index in [1.54, 1.807) is 6.07 Å². The van der Waals surface area contributed by atoms with Crippen LogP contribution in [0, 0.1) is 11.6 Å². The average molecular weight is 530 g/mol. The van der Waals surface area contributed by atoms with Crippen molar-refractivity contribution in [1.82, 2.24) is 10.2 Å². The molecule has 0 radical (unpaired) electrons. The van der Waals surface area contributed by atoms with E-state index in [2.05, 4.69) is 5.32 Å². The Morgan fingerprint density at radius 3 is 2.16 bits per heavy atom. The Kier molecular flexibility index (Phi) is 9.35. The molecule has 0 aromatic heterocycles. The van der Waals surface area contributed by atoms with Crippen LogP contribution in [-0.4, -0.2) is 44.3 Å². The Balaban J connectivity index is 2.01. The van der Waals surface area contributed by atoms with Gasteiger partial charge in [-0.2, -0.15) is 0 Å². The van der Waals surface area contributed by atoms with Crippen LogP contribution in [0.5, 0.6) is 0 Å². The number of nitrogens with one attached hydrogen (secondary N) is 1. The Morgan fingerprint density at radius 1 is 0.919 bits per heavy atom. The molecule has 0 aliphatic heterocycles. The fourth-order valence-electron chi connectivity index (χ4n) is 3.65. The lowest BCUT2D eigenvalue weighted by Crippen LogP contribution is -2.51. The van der Waals surface area contributed by atoms with Crippen molar-refractivity contribution in [2.45, 2.75) is 37.8 Å². The summed E-state index contributed by atoms with van der Waals surface area (Å²) >= 11 is 0. The molecule has 7 nitrogen and oxygen atoms in total. The lowest BCUT2D eigenvalue weighted by atomic mass is 10.1. The molecule has 0 saturated heterocycles. The number of sulfonamides is 1. The van der Waals surface area contributed by atoms with Crippen LogP contribution in [-0.2, 0) is 26.2 Å². The van der Waals surface area contributed by atoms with Gasteiger partial charge in [0.1, 0.15) is 24.2 Å². The zero-order valence-electron chi connectivity index (χ0n) is 20.6. The van der Waals surface area contributed by atoms with Gasteiger partial charge in [-0.25, -0.2) is 17.2 Å². The summed E-state index contributed by atoms with van der Waals surface area (Å²) in [5.74, 6) is -2.45. The molecule has 0 bridgehead atoms. The van der Waals surface area contributed by atoms with Gasteiger partial charge in [-0.15, -0.1) is 0 Å². The number of amides is 2. The summed E-state index contributed by atoms with van der Waals surface area (Å²) < 4.78 is 56.1. The number of hydrogen-bond acceptors (Lipinski definition) is 4. The Morgan fingerprint density at radius 2 is 1.54 bits per heavy atom. The van der Waals surface area contributed by atoms with E-state index in [0.717, 1.165) is 6.07 Å². The average Bonchev–Trinajstić information content (AvgIpc) is 2.90. The zero-order valence-corrected chi connectivity index (χ0v) is 21.4. The zero-order chi connectivity index (χ0) is 27.0. The second-order valence-corrected chi connectivity index (χ2v) is 10.3. The molecule has 0 aliphatic rings. The van der Waals surface area contributed by atoms with Gasteiger partial charge >= 0.3 is 0 Å². The fraction of sp³-hybridized carbons (Fsp3) is 0.259. The molecular formula is C27H29F2N3O4S. The van der Waals surface area contributed by atoms with Crippen molar-refractivity contribution in [3.8, 4) is 0 Å².